The fourth-order valence-corrected chi connectivity index (χ4v) is 5.30. The van der Waals surface area contributed by atoms with Crippen molar-refractivity contribution in [2.75, 3.05) is 6.61 Å². The molecule has 3 heterocycles. The molecular formula is C26H21ClN4O3S. The second kappa shape index (κ2) is 9.48. The summed E-state index contributed by atoms with van der Waals surface area (Å²) in [6, 6.07) is 16.2. The van der Waals surface area contributed by atoms with E-state index in [1.807, 2.05) is 42.5 Å². The lowest BCUT2D eigenvalue weighted by molar-refractivity contribution is -0.139. The Bertz CT molecular complexity index is 1620. The maximum absolute atomic E-state index is 13.7. The predicted molar refractivity (Wildman–Crippen MR) is 136 cm³/mol. The van der Waals surface area contributed by atoms with E-state index in [9.17, 15) is 9.59 Å². The number of nitrogens with one attached hydrogen (secondary N) is 1. The Kier molecular flexibility index (Phi) is 6.23. The zero-order valence-electron chi connectivity index (χ0n) is 19.0. The minimum atomic E-state index is -0.678. The van der Waals surface area contributed by atoms with Crippen molar-refractivity contribution < 1.29 is 9.53 Å². The van der Waals surface area contributed by atoms with E-state index in [1.165, 1.54) is 11.3 Å². The van der Waals surface area contributed by atoms with E-state index in [0.717, 1.165) is 22.4 Å². The van der Waals surface area contributed by atoms with Gasteiger partial charge < -0.3 is 4.74 Å². The van der Waals surface area contributed by atoms with E-state index in [-0.39, 0.29) is 12.2 Å². The van der Waals surface area contributed by atoms with Gasteiger partial charge in [-0.3, -0.25) is 14.5 Å². The summed E-state index contributed by atoms with van der Waals surface area (Å²) in [6.07, 6.45) is 3.49. The molecule has 0 saturated heterocycles. The maximum Gasteiger partial charge on any atom is 0.338 e. The number of carbonyl (C=O) groups excluding carboxylic acids is 1. The van der Waals surface area contributed by atoms with Crippen LogP contribution in [-0.2, 0) is 9.53 Å². The summed E-state index contributed by atoms with van der Waals surface area (Å²) in [5, 5.41) is 7.76. The largest absolute Gasteiger partial charge is 0.463 e. The molecule has 5 rings (SSSR count). The van der Waals surface area contributed by atoms with Crippen molar-refractivity contribution in [1.29, 1.82) is 0 Å². The highest BCUT2D eigenvalue weighted by atomic mass is 35.5. The number of H-pyrrole nitrogens is 1. The molecule has 1 atom stereocenters. The lowest BCUT2D eigenvalue weighted by Gasteiger charge is -2.24. The number of hydrogen-bond acceptors (Lipinski definition) is 6. The second-order valence-corrected chi connectivity index (χ2v) is 9.37. The fourth-order valence-electron chi connectivity index (χ4n) is 4.13. The van der Waals surface area contributed by atoms with E-state index in [0.29, 0.717) is 25.6 Å². The van der Waals surface area contributed by atoms with Gasteiger partial charge in [-0.1, -0.05) is 65.4 Å². The number of thiazole rings is 1. The molecule has 7 nitrogen and oxygen atoms in total. The van der Waals surface area contributed by atoms with Crippen molar-refractivity contribution in [2.45, 2.75) is 19.9 Å². The maximum atomic E-state index is 13.7. The molecule has 0 bridgehead atoms. The van der Waals surface area contributed by atoms with E-state index in [2.05, 4.69) is 15.2 Å². The molecule has 0 fully saturated rings. The minimum absolute atomic E-state index is 0.218. The summed E-state index contributed by atoms with van der Waals surface area (Å²) in [7, 11) is 0. The highest BCUT2D eigenvalue weighted by Gasteiger charge is 2.33. The van der Waals surface area contributed by atoms with Crippen LogP contribution in [0.15, 0.2) is 81.9 Å². The van der Waals surface area contributed by atoms with Gasteiger partial charge >= 0.3 is 5.97 Å². The van der Waals surface area contributed by atoms with Crippen LogP contribution in [-0.4, -0.2) is 27.3 Å². The van der Waals surface area contributed by atoms with Crippen LogP contribution >= 0.6 is 22.9 Å². The van der Waals surface area contributed by atoms with E-state index >= 15 is 0 Å². The molecule has 0 radical (unpaired) electrons. The summed E-state index contributed by atoms with van der Waals surface area (Å²) in [5.41, 5.74) is 3.91. The third-order valence-electron chi connectivity index (χ3n) is 5.72. The third kappa shape index (κ3) is 4.26. The quantitative estimate of drug-likeness (QED) is 0.418. The smallest absolute Gasteiger partial charge is 0.338 e. The molecule has 0 amide bonds. The summed E-state index contributed by atoms with van der Waals surface area (Å²) in [5.74, 6) is -0.496. The normalized spacial score (nSPS) is 15.6. The van der Waals surface area contributed by atoms with Gasteiger partial charge in [0.2, 0.25) is 0 Å². The van der Waals surface area contributed by atoms with Gasteiger partial charge in [-0.25, -0.2) is 9.79 Å². The van der Waals surface area contributed by atoms with Crippen molar-refractivity contribution in [3.8, 4) is 11.3 Å². The highest BCUT2D eigenvalue weighted by Crippen LogP contribution is 2.31. The van der Waals surface area contributed by atoms with Crippen LogP contribution in [0.1, 0.15) is 31.0 Å². The monoisotopic (exact) mass is 504 g/mol. The highest BCUT2D eigenvalue weighted by molar-refractivity contribution is 7.07. The molecule has 35 heavy (non-hydrogen) atoms. The van der Waals surface area contributed by atoms with Crippen LogP contribution in [0.5, 0.6) is 0 Å². The van der Waals surface area contributed by atoms with Gasteiger partial charge in [-0.05, 0) is 37.6 Å². The number of hydrogen-bond donors (Lipinski definition) is 1. The van der Waals surface area contributed by atoms with Crippen LogP contribution in [0, 0.1) is 0 Å². The van der Waals surface area contributed by atoms with E-state index in [1.54, 1.807) is 42.8 Å². The average Bonchev–Trinajstić information content (AvgIpc) is 3.44. The topological polar surface area (TPSA) is 89.3 Å². The molecule has 2 aromatic carbocycles. The fraction of sp³-hybridized carbons (Fsp3) is 0.154. The number of ether oxygens (including phenoxy) is 1. The number of benzene rings is 2. The summed E-state index contributed by atoms with van der Waals surface area (Å²) < 4.78 is 7.37. The predicted octanol–water partition coefficient (Wildman–Crippen LogP) is 3.84. The van der Waals surface area contributed by atoms with Crippen LogP contribution in [0.4, 0.5) is 0 Å². The molecule has 1 N–H and O–H groups in total. The standard InChI is InChI=1S/C26H21ClN4O3S/c1-3-34-25(33)21-15(2)29-26-31(23(21)17-9-11-19(27)12-10-17)24(32)20(35-26)13-18-14-28-30-22(18)16-7-5-4-6-8-16/h4-14,23H,3H2,1-2H3,(H,28,30)/b20-13-. The van der Waals surface area contributed by atoms with E-state index < -0.39 is 12.0 Å². The first kappa shape index (κ1) is 23.0. The molecule has 0 spiro atoms. The molecule has 0 aliphatic carbocycles. The van der Waals surface area contributed by atoms with Crippen LogP contribution in [0.3, 0.4) is 0 Å². The zero-order valence-corrected chi connectivity index (χ0v) is 20.6. The Morgan fingerprint density at radius 1 is 1.20 bits per heavy atom. The second-order valence-electron chi connectivity index (χ2n) is 7.92. The number of aromatic amines is 1. The van der Waals surface area contributed by atoms with Gasteiger partial charge in [0.15, 0.2) is 4.80 Å². The van der Waals surface area contributed by atoms with Crippen molar-refractivity contribution in [3.05, 3.63) is 108 Å². The number of carbonyl (C=O) groups is 1. The number of aromatic nitrogens is 3. The molecule has 1 unspecified atom stereocenters. The number of allylic oxidation sites excluding steroid dienone is 1. The summed E-state index contributed by atoms with van der Waals surface area (Å²) in [6.45, 7) is 3.72. The van der Waals surface area contributed by atoms with Crippen molar-refractivity contribution in [3.63, 3.8) is 0 Å². The van der Waals surface area contributed by atoms with Gasteiger partial charge in [0, 0.05) is 16.1 Å². The molecular weight excluding hydrogens is 484 g/mol. The van der Waals surface area contributed by atoms with Gasteiger partial charge in [-0.2, -0.15) is 5.10 Å². The van der Waals surface area contributed by atoms with Crippen molar-refractivity contribution in [1.82, 2.24) is 14.8 Å². The average molecular weight is 505 g/mol. The number of halogens is 1. The van der Waals surface area contributed by atoms with Gasteiger partial charge in [0.1, 0.15) is 0 Å². The SMILES string of the molecule is CCOC(=O)C1=C(C)N=c2s/c(=C\c3cn[nH]c3-c3ccccc3)c(=O)n2C1c1ccc(Cl)cc1. The number of rotatable bonds is 5. The lowest BCUT2D eigenvalue weighted by Crippen LogP contribution is -2.39. The van der Waals surface area contributed by atoms with Crippen LogP contribution in [0.25, 0.3) is 17.3 Å². The molecule has 4 aromatic rings. The summed E-state index contributed by atoms with van der Waals surface area (Å²) in [4.78, 5) is 31.8. The Hall–Kier alpha value is -3.75. The number of fused-ring (bicyclic) bond motifs is 1. The summed E-state index contributed by atoms with van der Waals surface area (Å²) >= 11 is 7.38. The van der Waals surface area contributed by atoms with Gasteiger partial charge in [0.05, 0.1) is 40.3 Å². The first-order chi connectivity index (χ1) is 17.0. The van der Waals surface area contributed by atoms with Crippen molar-refractivity contribution in [2.24, 2.45) is 4.99 Å². The Morgan fingerprint density at radius 2 is 1.94 bits per heavy atom. The minimum Gasteiger partial charge on any atom is -0.463 e. The van der Waals surface area contributed by atoms with Gasteiger partial charge in [-0.15, -0.1) is 0 Å². The lowest BCUT2D eigenvalue weighted by atomic mass is 9.96. The zero-order chi connectivity index (χ0) is 24.5. The van der Waals surface area contributed by atoms with E-state index in [4.69, 9.17) is 16.3 Å². The molecule has 2 aromatic heterocycles. The van der Waals surface area contributed by atoms with Gasteiger partial charge in [0.25, 0.3) is 5.56 Å². The molecule has 9 heteroatoms. The first-order valence-electron chi connectivity index (χ1n) is 11.0. The van der Waals surface area contributed by atoms with Crippen LogP contribution in [0.2, 0.25) is 5.02 Å². The van der Waals surface area contributed by atoms with Crippen LogP contribution < -0.4 is 14.9 Å². The Balaban J connectivity index is 1.70. The first-order valence-corrected chi connectivity index (χ1v) is 12.2. The Morgan fingerprint density at radius 3 is 2.66 bits per heavy atom. The molecule has 176 valence electrons. The molecule has 1 aliphatic rings. The number of esters is 1. The molecule has 1 aliphatic heterocycles. The van der Waals surface area contributed by atoms with Crippen molar-refractivity contribution >= 4 is 35.0 Å². The third-order valence-corrected chi connectivity index (χ3v) is 6.96. The number of nitrogens with zero attached hydrogens (tertiary/aromatic N) is 3. The molecule has 0 saturated carbocycles. The Labute approximate surface area is 209 Å².